The van der Waals surface area contributed by atoms with Gasteiger partial charge in [-0.3, -0.25) is 0 Å². The fourth-order valence-electron chi connectivity index (χ4n) is 1.03. The summed E-state index contributed by atoms with van der Waals surface area (Å²) < 4.78 is 0. The fraction of sp³-hybridized carbons (Fsp3) is 0.500. The molecular formula is C8H12. The van der Waals surface area contributed by atoms with Gasteiger partial charge in [0.1, 0.15) is 0 Å². The van der Waals surface area contributed by atoms with Gasteiger partial charge in [-0.15, -0.1) is 6.58 Å². The average Bonchev–Trinajstić information content (AvgIpc) is 1.90. The van der Waals surface area contributed by atoms with Crippen LogP contribution in [0.3, 0.4) is 0 Å². The smallest absolute Gasteiger partial charge is 0.0199 e. The molecule has 0 heteroatoms. The summed E-state index contributed by atoms with van der Waals surface area (Å²) in [5, 5.41) is 0. The maximum Gasteiger partial charge on any atom is -0.0199 e. The first-order chi connectivity index (χ1) is 3.93. The standard InChI is InChI=1S/C8H12/c1-2-8-6-4-3-5-7-8/h2-4,8H,1,5-7H2/t8-/m1/s1. The van der Waals surface area contributed by atoms with Crippen molar-refractivity contribution in [1.29, 1.82) is 0 Å². The molecule has 0 aromatic rings. The van der Waals surface area contributed by atoms with Gasteiger partial charge < -0.3 is 0 Å². The molecule has 0 fully saturated rings. The van der Waals surface area contributed by atoms with Crippen molar-refractivity contribution in [3.8, 4) is 0 Å². The molecule has 1 rings (SSSR count). The van der Waals surface area contributed by atoms with E-state index < -0.39 is 0 Å². The first-order valence-corrected chi connectivity index (χ1v) is 3.21. The fourth-order valence-corrected chi connectivity index (χ4v) is 1.03. The van der Waals surface area contributed by atoms with E-state index in [1.165, 1.54) is 19.3 Å². The van der Waals surface area contributed by atoms with Crippen molar-refractivity contribution < 1.29 is 0 Å². The molecule has 44 valence electrons. The Hall–Kier alpha value is -0.520. The number of hydrogen-bond acceptors (Lipinski definition) is 0. The van der Waals surface area contributed by atoms with Crippen LogP contribution in [0.15, 0.2) is 24.8 Å². The monoisotopic (exact) mass is 108 g/mol. The second-order valence-corrected chi connectivity index (χ2v) is 2.28. The Labute approximate surface area is 50.9 Å². The lowest BCUT2D eigenvalue weighted by Gasteiger charge is -2.11. The molecule has 0 amide bonds. The average molecular weight is 108 g/mol. The minimum Gasteiger partial charge on any atom is -0.103 e. The lowest BCUT2D eigenvalue weighted by molar-refractivity contribution is 0.585. The van der Waals surface area contributed by atoms with E-state index in [1.54, 1.807) is 0 Å². The maximum absolute atomic E-state index is 3.75. The first-order valence-electron chi connectivity index (χ1n) is 3.21. The minimum absolute atomic E-state index is 0.764. The zero-order chi connectivity index (χ0) is 5.82. The molecule has 0 bridgehead atoms. The molecule has 1 atom stereocenters. The zero-order valence-corrected chi connectivity index (χ0v) is 5.14. The minimum atomic E-state index is 0.764. The van der Waals surface area contributed by atoms with Gasteiger partial charge in [-0.1, -0.05) is 18.2 Å². The van der Waals surface area contributed by atoms with Crippen molar-refractivity contribution >= 4 is 0 Å². The van der Waals surface area contributed by atoms with E-state index in [0.29, 0.717) is 0 Å². The van der Waals surface area contributed by atoms with Crippen molar-refractivity contribution in [1.82, 2.24) is 0 Å². The van der Waals surface area contributed by atoms with Crippen molar-refractivity contribution in [2.45, 2.75) is 19.3 Å². The second-order valence-electron chi connectivity index (χ2n) is 2.28. The Morgan fingerprint density at radius 2 is 2.38 bits per heavy atom. The van der Waals surface area contributed by atoms with Gasteiger partial charge >= 0.3 is 0 Å². The largest absolute Gasteiger partial charge is 0.103 e. The van der Waals surface area contributed by atoms with Crippen molar-refractivity contribution in [3.63, 3.8) is 0 Å². The predicted octanol–water partition coefficient (Wildman–Crippen LogP) is 2.53. The van der Waals surface area contributed by atoms with Crippen LogP contribution in [0.1, 0.15) is 19.3 Å². The van der Waals surface area contributed by atoms with Crippen LogP contribution >= 0.6 is 0 Å². The van der Waals surface area contributed by atoms with Gasteiger partial charge in [-0.05, 0) is 25.2 Å². The normalized spacial score (nSPS) is 27.8. The van der Waals surface area contributed by atoms with Crippen LogP contribution < -0.4 is 0 Å². The molecule has 0 N–H and O–H groups in total. The SMILES string of the molecule is C=C[C@@H]1CC=CCC1. The molecule has 0 nitrogen and oxygen atoms in total. The highest BCUT2D eigenvalue weighted by Crippen LogP contribution is 2.17. The highest BCUT2D eigenvalue weighted by molar-refractivity contribution is 4.95. The quantitative estimate of drug-likeness (QED) is 0.453. The molecular weight excluding hydrogens is 96.1 g/mol. The van der Waals surface area contributed by atoms with Gasteiger partial charge in [0.05, 0.1) is 0 Å². The van der Waals surface area contributed by atoms with Crippen LogP contribution in [0, 0.1) is 5.92 Å². The van der Waals surface area contributed by atoms with E-state index in [2.05, 4.69) is 24.8 Å². The lowest BCUT2D eigenvalue weighted by atomic mass is 9.95. The molecule has 1 aliphatic carbocycles. The Morgan fingerprint density at radius 3 is 2.75 bits per heavy atom. The van der Waals surface area contributed by atoms with Crippen LogP contribution in [-0.2, 0) is 0 Å². The summed E-state index contributed by atoms with van der Waals surface area (Å²) in [6, 6.07) is 0. The third-order valence-corrected chi connectivity index (χ3v) is 1.64. The summed E-state index contributed by atoms with van der Waals surface area (Å²) in [6.45, 7) is 3.75. The molecule has 0 heterocycles. The number of allylic oxidation sites excluding steroid dienone is 3. The predicted molar refractivity (Wildman–Crippen MR) is 36.7 cm³/mol. The summed E-state index contributed by atoms with van der Waals surface area (Å²) in [4.78, 5) is 0. The molecule has 0 aromatic heterocycles. The molecule has 0 radical (unpaired) electrons. The lowest BCUT2D eigenvalue weighted by Crippen LogP contribution is -1.96. The summed E-state index contributed by atoms with van der Waals surface area (Å²) in [5.41, 5.74) is 0. The van der Waals surface area contributed by atoms with Crippen molar-refractivity contribution in [3.05, 3.63) is 24.8 Å². The van der Waals surface area contributed by atoms with Gasteiger partial charge in [0.25, 0.3) is 0 Å². The highest BCUT2D eigenvalue weighted by atomic mass is 14.1. The molecule has 0 aliphatic heterocycles. The topological polar surface area (TPSA) is 0 Å². The second kappa shape index (κ2) is 2.71. The summed E-state index contributed by atoms with van der Waals surface area (Å²) >= 11 is 0. The van der Waals surface area contributed by atoms with Gasteiger partial charge in [-0.25, -0.2) is 0 Å². The zero-order valence-electron chi connectivity index (χ0n) is 5.14. The Morgan fingerprint density at radius 1 is 1.50 bits per heavy atom. The Bertz CT molecular complexity index is 101. The van der Waals surface area contributed by atoms with Crippen LogP contribution in [0.4, 0.5) is 0 Å². The maximum atomic E-state index is 3.75. The van der Waals surface area contributed by atoms with Crippen LogP contribution in [0.25, 0.3) is 0 Å². The van der Waals surface area contributed by atoms with Gasteiger partial charge in [0.2, 0.25) is 0 Å². The van der Waals surface area contributed by atoms with Crippen molar-refractivity contribution in [2.75, 3.05) is 0 Å². The molecule has 0 saturated carbocycles. The molecule has 0 saturated heterocycles. The van der Waals surface area contributed by atoms with Crippen LogP contribution in [0.2, 0.25) is 0 Å². The van der Waals surface area contributed by atoms with Crippen LogP contribution in [-0.4, -0.2) is 0 Å². The van der Waals surface area contributed by atoms with Gasteiger partial charge in [-0.2, -0.15) is 0 Å². The van der Waals surface area contributed by atoms with Gasteiger partial charge in [0, 0.05) is 0 Å². The van der Waals surface area contributed by atoms with E-state index >= 15 is 0 Å². The molecule has 1 aliphatic rings. The third-order valence-electron chi connectivity index (χ3n) is 1.64. The number of hydrogen-bond donors (Lipinski definition) is 0. The van der Waals surface area contributed by atoms with E-state index in [-0.39, 0.29) is 0 Å². The Kier molecular flexibility index (Phi) is 1.90. The van der Waals surface area contributed by atoms with Gasteiger partial charge in [0.15, 0.2) is 0 Å². The first kappa shape index (κ1) is 5.61. The molecule has 0 aromatic carbocycles. The third kappa shape index (κ3) is 1.22. The summed E-state index contributed by atoms with van der Waals surface area (Å²) in [6.07, 6.45) is 10.3. The number of rotatable bonds is 1. The van der Waals surface area contributed by atoms with Crippen LogP contribution in [0.5, 0.6) is 0 Å². The molecule has 0 spiro atoms. The summed E-state index contributed by atoms with van der Waals surface area (Å²) in [5.74, 6) is 0.764. The molecule has 8 heavy (non-hydrogen) atoms. The Balaban J connectivity index is 2.37. The summed E-state index contributed by atoms with van der Waals surface area (Å²) in [7, 11) is 0. The van der Waals surface area contributed by atoms with E-state index in [9.17, 15) is 0 Å². The van der Waals surface area contributed by atoms with E-state index in [1.807, 2.05) is 0 Å². The van der Waals surface area contributed by atoms with Crippen molar-refractivity contribution in [2.24, 2.45) is 5.92 Å². The highest BCUT2D eigenvalue weighted by Gasteiger charge is 2.02. The molecule has 0 unspecified atom stereocenters. The van der Waals surface area contributed by atoms with E-state index in [0.717, 1.165) is 5.92 Å². The van der Waals surface area contributed by atoms with E-state index in [4.69, 9.17) is 0 Å².